The highest BCUT2D eigenvalue weighted by molar-refractivity contribution is 5.72. The van der Waals surface area contributed by atoms with Crippen LogP contribution in [0.25, 0.3) is 0 Å². The van der Waals surface area contributed by atoms with Crippen LogP contribution >= 0.6 is 0 Å². The Bertz CT molecular complexity index is 843. The topological polar surface area (TPSA) is 107 Å². The lowest BCUT2D eigenvalue weighted by molar-refractivity contribution is -0.274. The molecule has 23 heavy (non-hydrogen) atoms. The van der Waals surface area contributed by atoms with Crippen molar-refractivity contribution in [1.82, 2.24) is 4.98 Å². The molecule has 1 aliphatic heterocycles. The number of hydrogen-bond acceptors (Lipinski definition) is 6. The zero-order chi connectivity index (χ0) is 16.8. The van der Waals surface area contributed by atoms with Gasteiger partial charge in [-0.2, -0.15) is 10.2 Å². The number of ether oxygens (including phenoxy) is 2. The first kappa shape index (κ1) is 14.8. The summed E-state index contributed by atoms with van der Waals surface area (Å²) in [6, 6.07) is 5.51. The van der Waals surface area contributed by atoms with Gasteiger partial charge in [-0.15, -0.1) is 13.2 Å². The maximum absolute atomic E-state index is 12.3. The highest BCUT2D eigenvalue weighted by Gasteiger charge is 2.32. The van der Waals surface area contributed by atoms with Crippen molar-refractivity contribution in [3.8, 4) is 23.4 Å². The summed E-state index contributed by atoms with van der Waals surface area (Å²) in [5, 5.41) is 9.03. The van der Waals surface area contributed by atoms with Gasteiger partial charge in [-0.25, -0.2) is 0 Å². The zero-order valence-electron chi connectivity index (χ0n) is 11.4. The van der Waals surface area contributed by atoms with Crippen LogP contribution in [0.3, 0.4) is 0 Å². The lowest BCUT2D eigenvalue weighted by atomic mass is 9.99. The fourth-order valence-corrected chi connectivity index (χ4v) is 2.29. The Balaban J connectivity index is 2.02. The summed E-state index contributed by atoms with van der Waals surface area (Å²) in [6.45, 7) is 0. The third kappa shape index (κ3) is 2.66. The van der Waals surface area contributed by atoms with E-state index < -0.39 is 6.36 Å². The molecule has 6 nitrogen and oxygen atoms in total. The van der Waals surface area contributed by atoms with E-state index in [0.29, 0.717) is 16.9 Å². The number of nitrogens with zero attached hydrogens (tertiary/aromatic N) is 2. The first-order valence-electron chi connectivity index (χ1n) is 6.33. The fraction of sp³-hybridized carbons (Fsp3) is 0.143. The van der Waals surface area contributed by atoms with E-state index in [2.05, 4.69) is 9.72 Å². The molecule has 0 fully saturated rings. The van der Waals surface area contributed by atoms with Crippen molar-refractivity contribution < 1.29 is 22.6 Å². The Morgan fingerprint density at radius 3 is 2.70 bits per heavy atom. The third-order valence-corrected chi connectivity index (χ3v) is 3.28. The second-order valence-electron chi connectivity index (χ2n) is 4.78. The Hall–Kier alpha value is -3.15. The van der Waals surface area contributed by atoms with Gasteiger partial charge in [0, 0.05) is 17.5 Å². The van der Waals surface area contributed by atoms with E-state index in [4.69, 9.17) is 21.5 Å². The van der Waals surface area contributed by atoms with Crippen molar-refractivity contribution in [2.45, 2.75) is 12.8 Å². The molecule has 1 aliphatic rings. The fourth-order valence-electron chi connectivity index (χ4n) is 2.29. The Kier molecular flexibility index (Phi) is 3.18. The second-order valence-corrected chi connectivity index (χ2v) is 4.78. The molecule has 9 heteroatoms. The highest BCUT2D eigenvalue weighted by Crippen LogP contribution is 2.41. The van der Waals surface area contributed by atoms with E-state index in [-0.39, 0.29) is 35.1 Å². The van der Waals surface area contributed by atoms with Gasteiger partial charge < -0.3 is 20.9 Å². The van der Waals surface area contributed by atoms with Crippen LogP contribution in [0.2, 0.25) is 0 Å². The quantitative estimate of drug-likeness (QED) is 0.713. The van der Waals surface area contributed by atoms with Crippen LogP contribution in [0.5, 0.6) is 17.4 Å². The van der Waals surface area contributed by atoms with Crippen LogP contribution in [0, 0.1) is 11.3 Å². The molecule has 0 saturated carbocycles. The van der Waals surface area contributed by atoms with Gasteiger partial charge in [0.15, 0.2) is 0 Å². The van der Waals surface area contributed by atoms with Gasteiger partial charge in [0.1, 0.15) is 28.9 Å². The molecular formula is C14H9F3N4O2. The molecule has 1 aromatic heterocycles. The Labute approximate surface area is 128 Å². The van der Waals surface area contributed by atoms with Crippen LogP contribution in [0.15, 0.2) is 18.2 Å². The summed E-state index contributed by atoms with van der Waals surface area (Å²) in [6.07, 6.45) is -4.64. The first-order chi connectivity index (χ1) is 10.8. The average Bonchev–Trinajstić information content (AvgIpc) is 2.44. The molecule has 4 N–H and O–H groups in total. The van der Waals surface area contributed by atoms with Crippen molar-refractivity contribution >= 4 is 11.5 Å². The van der Waals surface area contributed by atoms with Crippen molar-refractivity contribution in [2.75, 3.05) is 11.5 Å². The molecule has 0 aliphatic carbocycles. The normalized spacial score (nSPS) is 12.6. The number of benzene rings is 1. The predicted octanol–water partition coefficient (Wildman–Crippen LogP) is 2.71. The SMILES string of the molecule is N#Cc1c(N)nc2c(c1N)Cc1cc(OC(F)(F)F)ccc1O2. The molecule has 0 atom stereocenters. The minimum Gasteiger partial charge on any atom is -0.438 e. The van der Waals surface area contributed by atoms with E-state index in [0.717, 1.165) is 6.07 Å². The van der Waals surface area contributed by atoms with Crippen LogP contribution in [0.4, 0.5) is 24.7 Å². The van der Waals surface area contributed by atoms with Crippen LogP contribution in [-0.2, 0) is 6.42 Å². The van der Waals surface area contributed by atoms with Crippen molar-refractivity contribution in [3.63, 3.8) is 0 Å². The van der Waals surface area contributed by atoms with Crippen molar-refractivity contribution in [2.24, 2.45) is 0 Å². The van der Waals surface area contributed by atoms with E-state index in [1.54, 1.807) is 0 Å². The maximum atomic E-state index is 12.3. The molecule has 0 amide bonds. The largest absolute Gasteiger partial charge is 0.573 e. The van der Waals surface area contributed by atoms with Gasteiger partial charge in [0.25, 0.3) is 0 Å². The van der Waals surface area contributed by atoms with E-state index in [9.17, 15) is 13.2 Å². The Morgan fingerprint density at radius 1 is 1.30 bits per heavy atom. The summed E-state index contributed by atoms with van der Waals surface area (Å²) in [5.41, 5.74) is 12.4. The molecule has 0 spiro atoms. The zero-order valence-corrected chi connectivity index (χ0v) is 11.4. The summed E-state index contributed by atoms with van der Waals surface area (Å²) in [5.74, 6) is 0.0222. The van der Waals surface area contributed by atoms with Crippen molar-refractivity contribution in [3.05, 3.63) is 34.9 Å². The van der Waals surface area contributed by atoms with E-state index >= 15 is 0 Å². The van der Waals surface area contributed by atoms with Crippen LogP contribution < -0.4 is 20.9 Å². The monoisotopic (exact) mass is 322 g/mol. The number of rotatable bonds is 1. The molecule has 2 heterocycles. The Morgan fingerprint density at radius 2 is 2.04 bits per heavy atom. The van der Waals surface area contributed by atoms with Crippen LogP contribution in [0.1, 0.15) is 16.7 Å². The van der Waals surface area contributed by atoms with Gasteiger partial charge in [-0.3, -0.25) is 0 Å². The summed E-state index contributed by atoms with van der Waals surface area (Å²) in [7, 11) is 0. The number of pyridine rings is 1. The molecule has 2 aromatic rings. The number of alkyl halides is 3. The summed E-state index contributed by atoms with van der Waals surface area (Å²) >= 11 is 0. The smallest absolute Gasteiger partial charge is 0.438 e. The average molecular weight is 322 g/mol. The van der Waals surface area contributed by atoms with Gasteiger partial charge in [-0.05, 0) is 18.2 Å². The number of halogens is 3. The predicted molar refractivity (Wildman–Crippen MR) is 73.8 cm³/mol. The summed E-state index contributed by atoms with van der Waals surface area (Å²) in [4.78, 5) is 3.97. The maximum Gasteiger partial charge on any atom is 0.573 e. The second kappa shape index (κ2) is 4.95. The first-order valence-corrected chi connectivity index (χ1v) is 6.33. The summed E-state index contributed by atoms with van der Waals surface area (Å²) < 4.78 is 46.2. The molecule has 0 bridgehead atoms. The number of anilines is 2. The standard InChI is InChI=1S/C14H9F3N4O2/c15-14(16,17)23-7-1-2-10-6(3-7)4-8-11(19)9(5-18)12(20)21-13(8)22-10/h1-3H,4H2,(H4,19,20,21). The van der Waals surface area contributed by atoms with E-state index in [1.165, 1.54) is 12.1 Å². The number of nitriles is 1. The van der Waals surface area contributed by atoms with Crippen LogP contribution in [-0.4, -0.2) is 11.3 Å². The molecule has 0 saturated heterocycles. The molecular weight excluding hydrogens is 313 g/mol. The van der Waals surface area contributed by atoms with Gasteiger partial charge in [-0.1, -0.05) is 0 Å². The minimum atomic E-state index is -4.79. The molecule has 118 valence electrons. The molecule has 1 aromatic carbocycles. The highest BCUT2D eigenvalue weighted by atomic mass is 19.4. The minimum absolute atomic E-state index is 0.0125. The third-order valence-electron chi connectivity index (χ3n) is 3.28. The number of fused-ring (bicyclic) bond motifs is 2. The van der Waals surface area contributed by atoms with Gasteiger partial charge >= 0.3 is 6.36 Å². The van der Waals surface area contributed by atoms with Gasteiger partial charge in [0.2, 0.25) is 5.88 Å². The number of nitrogen functional groups attached to an aromatic ring is 2. The number of nitrogens with two attached hydrogens (primary N) is 2. The lowest BCUT2D eigenvalue weighted by Gasteiger charge is -2.22. The van der Waals surface area contributed by atoms with Crippen molar-refractivity contribution in [1.29, 1.82) is 5.26 Å². The number of aromatic nitrogens is 1. The van der Waals surface area contributed by atoms with E-state index in [1.807, 2.05) is 6.07 Å². The molecule has 0 radical (unpaired) electrons. The molecule has 0 unspecified atom stereocenters. The molecule has 3 rings (SSSR count). The lowest BCUT2D eigenvalue weighted by Crippen LogP contribution is -2.17. The number of hydrogen-bond donors (Lipinski definition) is 2. The van der Waals surface area contributed by atoms with Gasteiger partial charge in [0.05, 0.1) is 5.69 Å².